The molecule has 194 valence electrons. The van der Waals surface area contributed by atoms with Crippen molar-refractivity contribution in [1.29, 1.82) is 0 Å². The summed E-state index contributed by atoms with van der Waals surface area (Å²) in [6, 6.07) is 27.2. The number of rotatable bonds is 7. The molecule has 7 heteroatoms. The zero-order chi connectivity index (χ0) is 26.6. The number of urea groups is 1. The summed E-state index contributed by atoms with van der Waals surface area (Å²) in [5.41, 5.74) is 5.63. The summed E-state index contributed by atoms with van der Waals surface area (Å²) in [7, 11) is 0. The van der Waals surface area contributed by atoms with Crippen molar-refractivity contribution >= 4 is 39.2 Å². The largest absolute Gasteiger partial charge is 0.322 e. The van der Waals surface area contributed by atoms with Crippen LogP contribution < -0.4 is 10.2 Å². The quantitative estimate of drug-likeness (QED) is 0.253. The van der Waals surface area contributed by atoms with Gasteiger partial charge in [-0.05, 0) is 61.4 Å². The highest BCUT2D eigenvalue weighted by atomic mass is 79.9. The van der Waals surface area contributed by atoms with E-state index in [4.69, 9.17) is 0 Å². The van der Waals surface area contributed by atoms with Gasteiger partial charge in [0, 0.05) is 22.9 Å². The molecule has 38 heavy (non-hydrogen) atoms. The lowest BCUT2D eigenvalue weighted by atomic mass is 9.96. The summed E-state index contributed by atoms with van der Waals surface area (Å²) in [6.45, 7) is 4.60. The highest BCUT2D eigenvalue weighted by Gasteiger charge is 2.37. The summed E-state index contributed by atoms with van der Waals surface area (Å²) >= 11 is 3.45. The summed E-state index contributed by atoms with van der Waals surface area (Å²) in [6.07, 6.45) is 3.76. The van der Waals surface area contributed by atoms with Crippen molar-refractivity contribution in [2.24, 2.45) is 0 Å². The van der Waals surface area contributed by atoms with Crippen LogP contribution in [-0.2, 0) is 4.79 Å². The minimum Gasteiger partial charge on any atom is -0.316 e. The molecule has 3 aromatic carbocycles. The Labute approximate surface area is 232 Å². The van der Waals surface area contributed by atoms with Gasteiger partial charge in [-0.3, -0.25) is 9.69 Å². The molecule has 1 N–H and O–H groups in total. The fraction of sp³-hybridized carbons (Fsp3) is 0.226. The maximum atomic E-state index is 14.2. The van der Waals surface area contributed by atoms with Gasteiger partial charge in [0.15, 0.2) is 0 Å². The number of amides is 3. The molecule has 1 aromatic heterocycles. The molecule has 1 atom stereocenters. The highest BCUT2D eigenvalue weighted by Crippen LogP contribution is 2.42. The molecule has 0 bridgehead atoms. The van der Waals surface area contributed by atoms with Crippen LogP contribution in [0, 0.1) is 6.92 Å². The van der Waals surface area contributed by atoms with Gasteiger partial charge in [-0.1, -0.05) is 77.3 Å². The number of aromatic nitrogens is 1. The van der Waals surface area contributed by atoms with Gasteiger partial charge in [-0.15, -0.1) is 0 Å². The second-order valence-corrected chi connectivity index (χ2v) is 10.5. The highest BCUT2D eigenvalue weighted by molar-refractivity contribution is 9.10. The first kappa shape index (κ1) is 25.8. The zero-order valence-corrected chi connectivity index (χ0v) is 23.2. The Balaban J connectivity index is 1.51. The Hall–Kier alpha value is -3.84. The molecule has 1 aliphatic heterocycles. The van der Waals surface area contributed by atoms with E-state index in [2.05, 4.69) is 63.9 Å². The van der Waals surface area contributed by atoms with Gasteiger partial charge in [0.2, 0.25) is 5.91 Å². The lowest BCUT2D eigenvalue weighted by Crippen LogP contribution is -2.48. The molecule has 0 aliphatic carbocycles. The number of para-hydroxylation sites is 2. The van der Waals surface area contributed by atoms with Gasteiger partial charge in [0.05, 0.1) is 17.1 Å². The third kappa shape index (κ3) is 5.24. The molecule has 0 radical (unpaired) electrons. The number of benzene rings is 3. The maximum absolute atomic E-state index is 14.2. The fourth-order valence-electron chi connectivity index (χ4n) is 5.03. The van der Waals surface area contributed by atoms with Crippen LogP contribution in [0.1, 0.15) is 42.6 Å². The maximum Gasteiger partial charge on any atom is 0.322 e. The van der Waals surface area contributed by atoms with E-state index in [0.29, 0.717) is 12.2 Å². The molecule has 2 heterocycles. The van der Waals surface area contributed by atoms with Gasteiger partial charge in [-0.2, -0.15) is 0 Å². The Morgan fingerprint density at radius 1 is 0.947 bits per heavy atom. The van der Waals surface area contributed by atoms with Crippen LogP contribution in [0.2, 0.25) is 0 Å². The first-order valence-electron chi connectivity index (χ1n) is 12.9. The van der Waals surface area contributed by atoms with Gasteiger partial charge in [0.1, 0.15) is 12.6 Å². The number of nitrogens with one attached hydrogen (secondary N) is 1. The average molecular weight is 572 g/mol. The van der Waals surface area contributed by atoms with Crippen LogP contribution in [0.15, 0.2) is 95.6 Å². The number of halogens is 1. The van der Waals surface area contributed by atoms with Crippen molar-refractivity contribution in [2.75, 3.05) is 23.3 Å². The number of nitrogens with zero attached hydrogens (tertiary/aromatic N) is 3. The van der Waals surface area contributed by atoms with Gasteiger partial charge in [0.25, 0.3) is 0 Å². The first-order chi connectivity index (χ1) is 18.5. The molecular formula is C31H31BrN4O2. The third-order valence-electron chi connectivity index (χ3n) is 6.82. The number of anilines is 2. The van der Waals surface area contributed by atoms with Crippen LogP contribution in [0.25, 0.3) is 5.69 Å². The Kier molecular flexibility index (Phi) is 7.65. The molecule has 0 spiro atoms. The number of carbonyl (C=O) groups excluding carboxylic acids is 2. The van der Waals surface area contributed by atoms with Crippen molar-refractivity contribution in [3.63, 3.8) is 0 Å². The smallest absolute Gasteiger partial charge is 0.316 e. The zero-order valence-electron chi connectivity index (χ0n) is 21.6. The predicted octanol–water partition coefficient (Wildman–Crippen LogP) is 7.32. The Morgan fingerprint density at radius 2 is 1.74 bits per heavy atom. The molecular weight excluding hydrogens is 540 g/mol. The number of aryl methyl sites for hydroxylation is 1. The summed E-state index contributed by atoms with van der Waals surface area (Å²) in [5, 5.41) is 2.96. The number of hydrogen-bond acceptors (Lipinski definition) is 2. The van der Waals surface area contributed by atoms with E-state index < -0.39 is 0 Å². The van der Waals surface area contributed by atoms with Crippen LogP contribution in [0.5, 0.6) is 0 Å². The van der Waals surface area contributed by atoms with E-state index in [-0.39, 0.29) is 24.5 Å². The summed E-state index contributed by atoms with van der Waals surface area (Å²) in [5.74, 6) is -0.128. The lowest BCUT2D eigenvalue weighted by Gasteiger charge is -2.39. The molecule has 0 saturated heterocycles. The lowest BCUT2D eigenvalue weighted by molar-refractivity contribution is -0.119. The molecule has 0 fully saturated rings. The van der Waals surface area contributed by atoms with Crippen molar-refractivity contribution in [3.8, 4) is 5.69 Å². The van der Waals surface area contributed by atoms with Crippen molar-refractivity contribution in [2.45, 2.75) is 32.7 Å². The molecule has 0 saturated carbocycles. The topological polar surface area (TPSA) is 57.6 Å². The standard InChI is InChI=1S/C31H31BrN4O2/c1-3-4-17-34(31(38)33-25-13-8-12-24(32)20-25)21-29(37)36-27-15-6-5-14-26(27)35-18-9-16-28(35)30(36)23-11-7-10-22(2)19-23/h5-16,18-20,30H,3-4,17,21H2,1-2H3,(H,33,38). The van der Waals surface area contributed by atoms with Crippen molar-refractivity contribution < 1.29 is 9.59 Å². The number of carbonyl (C=O) groups is 2. The van der Waals surface area contributed by atoms with E-state index in [0.717, 1.165) is 45.5 Å². The first-order valence-corrected chi connectivity index (χ1v) is 13.7. The normalized spacial score (nSPS) is 14.0. The second kappa shape index (κ2) is 11.3. The minimum absolute atomic E-state index is 0.0306. The second-order valence-electron chi connectivity index (χ2n) is 9.59. The van der Waals surface area contributed by atoms with E-state index in [1.165, 1.54) is 0 Å². The number of unbranched alkanes of at least 4 members (excludes halogenated alkanes) is 1. The molecule has 6 nitrogen and oxygen atoms in total. The van der Waals surface area contributed by atoms with E-state index >= 15 is 0 Å². The SMILES string of the molecule is CCCCN(CC(=O)N1c2ccccc2-n2cccc2C1c1cccc(C)c1)C(=O)Nc1cccc(Br)c1. The predicted molar refractivity (Wildman–Crippen MR) is 156 cm³/mol. The summed E-state index contributed by atoms with van der Waals surface area (Å²) < 4.78 is 3.03. The van der Waals surface area contributed by atoms with Crippen molar-refractivity contribution in [3.05, 3.63) is 112 Å². The number of hydrogen-bond donors (Lipinski definition) is 1. The van der Waals surface area contributed by atoms with Crippen LogP contribution in [-0.4, -0.2) is 34.5 Å². The Morgan fingerprint density at radius 3 is 2.50 bits per heavy atom. The molecule has 1 unspecified atom stereocenters. The van der Waals surface area contributed by atoms with Crippen LogP contribution >= 0.6 is 15.9 Å². The monoisotopic (exact) mass is 570 g/mol. The van der Waals surface area contributed by atoms with Gasteiger partial charge in [-0.25, -0.2) is 4.79 Å². The average Bonchev–Trinajstić information content (AvgIpc) is 3.40. The van der Waals surface area contributed by atoms with Crippen LogP contribution in [0.3, 0.4) is 0 Å². The summed E-state index contributed by atoms with van der Waals surface area (Å²) in [4.78, 5) is 31.1. The van der Waals surface area contributed by atoms with Gasteiger partial charge < -0.3 is 14.8 Å². The third-order valence-corrected chi connectivity index (χ3v) is 7.31. The van der Waals surface area contributed by atoms with E-state index in [9.17, 15) is 9.59 Å². The Bertz CT molecular complexity index is 1460. The van der Waals surface area contributed by atoms with E-state index in [1.807, 2.05) is 71.8 Å². The minimum atomic E-state index is -0.312. The van der Waals surface area contributed by atoms with Gasteiger partial charge >= 0.3 is 6.03 Å². The molecule has 1 aliphatic rings. The van der Waals surface area contributed by atoms with Crippen LogP contribution in [0.4, 0.5) is 16.2 Å². The van der Waals surface area contributed by atoms with Crippen molar-refractivity contribution in [1.82, 2.24) is 9.47 Å². The molecule has 5 rings (SSSR count). The fourth-order valence-corrected chi connectivity index (χ4v) is 5.43. The number of fused-ring (bicyclic) bond motifs is 3. The van der Waals surface area contributed by atoms with E-state index in [1.54, 1.807) is 4.90 Å². The molecule has 3 amide bonds. The molecule has 4 aromatic rings.